The Kier molecular flexibility index (Phi) is 2.95. The maximum atomic E-state index is 4.19. The lowest BCUT2D eigenvalue weighted by Crippen LogP contribution is -1.97. The van der Waals surface area contributed by atoms with Crippen molar-refractivity contribution in [3.05, 3.63) is 47.6 Å². The summed E-state index contributed by atoms with van der Waals surface area (Å²) in [6.45, 7) is 8.62. The predicted molar refractivity (Wildman–Crippen MR) is 66.6 cm³/mol. The summed E-state index contributed by atoms with van der Waals surface area (Å²) in [5.41, 5.74) is 4.12. The molecule has 2 atom stereocenters. The fraction of sp³-hybridized carbons (Fsp3) is 0.467. The molecule has 2 unspecified atom stereocenters. The monoisotopic (exact) mass is 200 g/mol. The standard InChI is InChI=1S/C15H20/c1-4-6-13-7-5-8-14-9-11(2)12(3)15(14)10-13/h5,7,9-10,13-14H,3-4,6,8H2,1-2H3. The largest absolute Gasteiger partial charge is 0.0912 e. The van der Waals surface area contributed by atoms with Crippen molar-refractivity contribution in [2.24, 2.45) is 11.8 Å². The van der Waals surface area contributed by atoms with Crippen LogP contribution in [0.25, 0.3) is 0 Å². The number of hydrogen-bond donors (Lipinski definition) is 0. The average Bonchev–Trinajstić information content (AvgIpc) is 2.41. The van der Waals surface area contributed by atoms with Crippen LogP contribution in [0.1, 0.15) is 33.1 Å². The fourth-order valence-corrected chi connectivity index (χ4v) is 2.56. The minimum absolute atomic E-state index is 0.607. The number of fused-ring (bicyclic) bond motifs is 1. The van der Waals surface area contributed by atoms with Crippen LogP contribution in [0.3, 0.4) is 0 Å². The van der Waals surface area contributed by atoms with E-state index in [1.54, 1.807) is 0 Å². The Morgan fingerprint density at radius 1 is 1.40 bits per heavy atom. The van der Waals surface area contributed by atoms with Crippen molar-refractivity contribution in [2.45, 2.75) is 33.1 Å². The van der Waals surface area contributed by atoms with Crippen LogP contribution in [0.15, 0.2) is 47.6 Å². The van der Waals surface area contributed by atoms with Gasteiger partial charge in [-0.3, -0.25) is 0 Å². The van der Waals surface area contributed by atoms with Gasteiger partial charge >= 0.3 is 0 Å². The Bertz CT molecular complexity index is 352. The summed E-state index contributed by atoms with van der Waals surface area (Å²) >= 11 is 0. The van der Waals surface area contributed by atoms with Crippen molar-refractivity contribution in [1.82, 2.24) is 0 Å². The molecule has 0 saturated heterocycles. The molecule has 0 aromatic rings. The second kappa shape index (κ2) is 4.22. The Balaban J connectivity index is 2.25. The Hall–Kier alpha value is -1.04. The highest BCUT2D eigenvalue weighted by Crippen LogP contribution is 2.39. The van der Waals surface area contributed by atoms with Gasteiger partial charge in [-0.25, -0.2) is 0 Å². The Morgan fingerprint density at radius 3 is 2.93 bits per heavy atom. The number of hydrogen-bond acceptors (Lipinski definition) is 0. The first-order chi connectivity index (χ1) is 7.22. The van der Waals surface area contributed by atoms with Crippen LogP contribution in [-0.2, 0) is 0 Å². The minimum Gasteiger partial charge on any atom is -0.0912 e. The smallest absolute Gasteiger partial charge is 0.00612 e. The van der Waals surface area contributed by atoms with Crippen molar-refractivity contribution < 1.29 is 0 Å². The van der Waals surface area contributed by atoms with E-state index in [0.29, 0.717) is 11.8 Å². The first-order valence-corrected chi connectivity index (χ1v) is 5.98. The van der Waals surface area contributed by atoms with Crippen molar-refractivity contribution in [3.63, 3.8) is 0 Å². The molecule has 80 valence electrons. The topological polar surface area (TPSA) is 0 Å². The summed E-state index contributed by atoms with van der Waals surface area (Å²) in [6, 6.07) is 0. The van der Waals surface area contributed by atoms with E-state index in [9.17, 15) is 0 Å². The highest BCUT2D eigenvalue weighted by molar-refractivity contribution is 5.53. The molecule has 0 aliphatic heterocycles. The summed E-state index contributed by atoms with van der Waals surface area (Å²) in [4.78, 5) is 0. The van der Waals surface area contributed by atoms with Gasteiger partial charge in [0.15, 0.2) is 0 Å². The van der Waals surface area contributed by atoms with Crippen molar-refractivity contribution in [1.29, 1.82) is 0 Å². The lowest BCUT2D eigenvalue weighted by Gasteiger charge is -2.10. The zero-order valence-electron chi connectivity index (χ0n) is 9.79. The van der Waals surface area contributed by atoms with Crippen LogP contribution in [0.2, 0.25) is 0 Å². The summed E-state index contributed by atoms with van der Waals surface area (Å²) in [5.74, 6) is 1.24. The van der Waals surface area contributed by atoms with Gasteiger partial charge in [-0.1, -0.05) is 44.2 Å². The lowest BCUT2D eigenvalue weighted by molar-refractivity contribution is 0.687. The zero-order valence-corrected chi connectivity index (χ0v) is 9.79. The molecular formula is C15H20. The van der Waals surface area contributed by atoms with E-state index in [0.717, 1.165) is 6.42 Å². The second-order valence-electron chi connectivity index (χ2n) is 4.67. The van der Waals surface area contributed by atoms with Crippen LogP contribution >= 0.6 is 0 Å². The summed E-state index contributed by atoms with van der Waals surface area (Å²) in [5, 5.41) is 0. The van der Waals surface area contributed by atoms with Gasteiger partial charge < -0.3 is 0 Å². The second-order valence-corrected chi connectivity index (χ2v) is 4.67. The molecule has 0 heteroatoms. The predicted octanol–water partition coefficient (Wildman–Crippen LogP) is 4.42. The van der Waals surface area contributed by atoms with E-state index in [1.807, 2.05) is 0 Å². The van der Waals surface area contributed by atoms with Crippen LogP contribution < -0.4 is 0 Å². The first-order valence-electron chi connectivity index (χ1n) is 5.98. The Labute approximate surface area is 93.1 Å². The van der Waals surface area contributed by atoms with Crippen molar-refractivity contribution in [3.8, 4) is 0 Å². The highest BCUT2D eigenvalue weighted by atomic mass is 14.3. The molecule has 0 amide bonds. The molecule has 2 aliphatic carbocycles. The molecule has 15 heavy (non-hydrogen) atoms. The van der Waals surface area contributed by atoms with Gasteiger partial charge in [0.05, 0.1) is 0 Å². The van der Waals surface area contributed by atoms with Gasteiger partial charge in [-0.05, 0) is 42.4 Å². The van der Waals surface area contributed by atoms with E-state index in [1.165, 1.54) is 29.6 Å². The summed E-state index contributed by atoms with van der Waals surface area (Å²) in [7, 11) is 0. The number of allylic oxidation sites excluding steroid dienone is 7. The highest BCUT2D eigenvalue weighted by Gasteiger charge is 2.23. The van der Waals surface area contributed by atoms with Gasteiger partial charge in [0.2, 0.25) is 0 Å². The maximum absolute atomic E-state index is 4.19. The van der Waals surface area contributed by atoms with Crippen LogP contribution in [-0.4, -0.2) is 0 Å². The molecule has 2 aliphatic rings. The average molecular weight is 200 g/mol. The van der Waals surface area contributed by atoms with Crippen molar-refractivity contribution in [2.75, 3.05) is 0 Å². The maximum Gasteiger partial charge on any atom is 0.00612 e. The van der Waals surface area contributed by atoms with E-state index in [-0.39, 0.29) is 0 Å². The van der Waals surface area contributed by atoms with Crippen LogP contribution in [0.4, 0.5) is 0 Å². The Morgan fingerprint density at radius 2 is 2.20 bits per heavy atom. The zero-order chi connectivity index (χ0) is 10.8. The van der Waals surface area contributed by atoms with Gasteiger partial charge in [-0.15, -0.1) is 0 Å². The molecule has 0 nitrogen and oxygen atoms in total. The van der Waals surface area contributed by atoms with Gasteiger partial charge in [0.1, 0.15) is 0 Å². The molecule has 2 rings (SSSR count). The first kappa shape index (κ1) is 10.5. The van der Waals surface area contributed by atoms with E-state index >= 15 is 0 Å². The van der Waals surface area contributed by atoms with E-state index < -0.39 is 0 Å². The van der Waals surface area contributed by atoms with Gasteiger partial charge in [0, 0.05) is 5.92 Å². The normalized spacial score (nSPS) is 29.6. The third kappa shape index (κ3) is 1.99. The molecule has 0 spiro atoms. The SMILES string of the molecule is C=C1C(C)=CC2CC=CC(CCC)C=C12. The van der Waals surface area contributed by atoms with Gasteiger partial charge in [-0.2, -0.15) is 0 Å². The molecule has 0 N–H and O–H groups in total. The summed E-state index contributed by atoms with van der Waals surface area (Å²) in [6.07, 6.45) is 13.2. The molecule has 0 saturated carbocycles. The third-order valence-electron chi connectivity index (χ3n) is 3.46. The molecule has 0 fully saturated rings. The minimum atomic E-state index is 0.607. The van der Waals surface area contributed by atoms with E-state index in [2.05, 4.69) is 44.7 Å². The number of rotatable bonds is 2. The molecule has 0 heterocycles. The third-order valence-corrected chi connectivity index (χ3v) is 3.46. The van der Waals surface area contributed by atoms with Gasteiger partial charge in [0.25, 0.3) is 0 Å². The molecular weight excluding hydrogens is 180 g/mol. The van der Waals surface area contributed by atoms with Crippen LogP contribution in [0, 0.1) is 11.8 Å². The quantitative estimate of drug-likeness (QED) is 0.579. The molecule has 0 aromatic heterocycles. The summed E-state index contributed by atoms with van der Waals surface area (Å²) < 4.78 is 0. The van der Waals surface area contributed by atoms with Crippen molar-refractivity contribution >= 4 is 0 Å². The molecule has 0 aromatic carbocycles. The fourth-order valence-electron chi connectivity index (χ4n) is 2.56. The molecule has 0 radical (unpaired) electrons. The van der Waals surface area contributed by atoms with Crippen LogP contribution in [0.5, 0.6) is 0 Å². The molecule has 0 bridgehead atoms. The van der Waals surface area contributed by atoms with E-state index in [4.69, 9.17) is 0 Å². The lowest BCUT2D eigenvalue weighted by atomic mass is 9.94.